The summed E-state index contributed by atoms with van der Waals surface area (Å²) in [5, 5.41) is 24.7. The van der Waals surface area contributed by atoms with Crippen molar-refractivity contribution in [2.75, 3.05) is 0 Å². The van der Waals surface area contributed by atoms with Gasteiger partial charge in [0.05, 0.1) is 17.9 Å². The normalized spacial score (nSPS) is 16.9. The fourth-order valence-corrected chi connectivity index (χ4v) is 0.498. The molecule has 0 aliphatic heterocycles. The van der Waals surface area contributed by atoms with Crippen LogP contribution in [0.25, 0.3) is 0 Å². The first kappa shape index (κ1) is 8.59. The number of hydrogen-bond acceptors (Lipinski definition) is 3. The Labute approximate surface area is 54.8 Å². The van der Waals surface area contributed by atoms with Crippen LogP contribution < -0.4 is 0 Å². The van der Waals surface area contributed by atoms with Crippen LogP contribution >= 0.6 is 0 Å². The molecule has 2 atom stereocenters. The van der Waals surface area contributed by atoms with Gasteiger partial charge in [-0.15, -0.1) is 0 Å². The van der Waals surface area contributed by atoms with E-state index in [9.17, 15) is 0 Å². The number of nitrogens with one attached hydrogen (secondary N) is 1. The Morgan fingerprint density at radius 1 is 1.56 bits per heavy atom. The van der Waals surface area contributed by atoms with Crippen LogP contribution in [0.1, 0.15) is 20.3 Å². The van der Waals surface area contributed by atoms with Crippen molar-refractivity contribution in [1.82, 2.24) is 0 Å². The van der Waals surface area contributed by atoms with Gasteiger partial charge < -0.3 is 15.6 Å². The van der Waals surface area contributed by atoms with E-state index in [4.69, 9.17) is 15.6 Å². The van der Waals surface area contributed by atoms with Gasteiger partial charge in [0.1, 0.15) is 0 Å². The molecular weight excluding hydrogens is 118 g/mol. The van der Waals surface area contributed by atoms with Crippen LogP contribution in [-0.2, 0) is 0 Å². The summed E-state index contributed by atoms with van der Waals surface area (Å²) in [6.07, 6.45) is -1.10. The van der Waals surface area contributed by atoms with E-state index < -0.39 is 12.2 Å². The molecular formula is C6H13NO2. The van der Waals surface area contributed by atoms with Gasteiger partial charge in [-0.1, -0.05) is 6.92 Å². The van der Waals surface area contributed by atoms with E-state index in [0.717, 1.165) is 0 Å². The molecule has 0 aliphatic rings. The highest BCUT2D eigenvalue weighted by Crippen LogP contribution is 1.96. The molecule has 0 aliphatic carbocycles. The second-order valence-corrected chi connectivity index (χ2v) is 2.06. The topological polar surface area (TPSA) is 64.3 Å². The molecule has 54 valence electrons. The van der Waals surface area contributed by atoms with Crippen LogP contribution in [0.2, 0.25) is 0 Å². The molecule has 0 amide bonds. The van der Waals surface area contributed by atoms with Crippen molar-refractivity contribution in [3.05, 3.63) is 0 Å². The first-order chi connectivity index (χ1) is 4.09. The maximum atomic E-state index is 8.91. The van der Waals surface area contributed by atoms with E-state index >= 15 is 0 Å². The summed E-state index contributed by atoms with van der Waals surface area (Å²) in [4.78, 5) is 0. The maximum absolute atomic E-state index is 8.91. The minimum Gasteiger partial charge on any atom is -0.387 e. The van der Waals surface area contributed by atoms with Crippen LogP contribution in [0.5, 0.6) is 0 Å². The van der Waals surface area contributed by atoms with Gasteiger partial charge in [-0.05, 0) is 13.3 Å². The van der Waals surface area contributed by atoms with Gasteiger partial charge in [0, 0.05) is 0 Å². The summed E-state index contributed by atoms with van der Waals surface area (Å²) >= 11 is 0. The predicted molar refractivity (Wildman–Crippen MR) is 35.7 cm³/mol. The average Bonchev–Trinajstić information content (AvgIpc) is 1.84. The molecule has 0 aromatic carbocycles. The van der Waals surface area contributed by atoms with Crippen LogP contribution in [0, 0.1) is 5.41 Å². The highest BCUT2D eigenvalue weighted by atomic mass is 16.3. The fraction of sp³-hybridized carbons (Fsp3) is 0.833. The van der Waals surface area contributed by atoms with Crippen LogP contribution in [0.4, 0.5) is 0 Å². The summed E-state index contributed by atoms with van der Waals surface area (Å²) in [5.41, 5.74) is -0.00231. The van der Waals surface area contributed by atoms with E-state index in [1.807, 2.05) is 0 Å². The average molecular weight is 131 g/mol. The lowest BCUT2D eigenvalue weighted by Crippen LogP contribution is -2.28. The van der Waals surface area contributed by atoms with Crippen molar-refractivity contribution in [1.29, 1.82) is 5.41 Å². The Morgan fingerprint density at radius 3 is 2.11 bits per heavy atom. The lowest BCUT2D eigenvalue weighted by molar-refractivity contribution is 0.199. The summed E-state index contributed by atoms with van der Waals surface area (Å²) in [6.45, 7) is 3.24. The third-order valence-electron chi connectivity index (χ3n) is 1.20. The smallest absolute Gasteiger partial charge is 0.0937 e. The SMILES string of the molecule is CCC(O)C(=N)C(C)O. The number of aliphatic hydroxyl groups is 2. The van der Waals surface area contributed by atoms with E-state index in [-0.39, 0.29) is 5.71 Å². The second kappa shape index (κ2) is 3.58. The Bertz CT molecular complexity index is 101. The van der Waals surface area contributed by atoms with Crippen molar-refractivity contribution in [2.45, 2.75) is 32.5 Å². The molecule has 9 heavy (non-hydrogen) atoms. The molecule has 0 fully saturated rings. The third kappa shape index (κ3) is 2.58. The minimum atomic E-state index is -0.819. The van der Waals surface area contributed by atoms with Crippen LogP contribution in [0.3, 0.4) is 0 Å². The molecule has 0 saturated heterocycles. The highest BCUT2D eigenvalue weighted by molar-refractivity contribution is 5.89. The van der Waals surface area contributed by atoms with Gasteiger partial charge in [0.15, 0.2) is 0 Å². The van der Waals surface area contributed by atoms with Gasteiger partial charge in [-0.25, -0.2) is 0 Å². The van der Waals surface area contributed by atoms with Crippen LogP contribution in [0.15, 0.2) is 0 Å². The first-order valence-corrected chi connectivity index (χ1v) is 3.04. The Hall–Kier alpha value is -0.410. The van der Waals surface area contributed by atoms with Crippen molar-refractivity contribution in [2.24, 2.45) is 0 Å². The molecule has 0 saturated carbocycles. The van der Waals surface area contributed by atoms with E-state index in [1.54, 1.807) is 6.92 Å². The standard InChI is InChI=1S/C6H13NO2/c1-3-5(9)6(7)4(2)8/h4-5,7-9H,3H2,1-2H3. The molecule has 3 heteroatoms. The third-order valence-corrected chi connectivity index (χ3v) is 1.20. The molecule has 3 N–H and O–H groups in total. The van der Waals surface area contributed by atoms with Gasteiger partial charge in [-0.2, -0.15) is 0 Å². The van der Waals surface area contributed by atoms with Crippen LogP contribution in [-0.4, -0.2) is 28.1 Å². The largest absolute Gasteiger partial charge is 0.387 e. The highest BCUT2D eigenvalue weighted by Gasteiger charge is 2.12. The zero-order valence-electron chi connectivity index (χ0n) is 5.76. The summed E-state index contributed by atoms with van der Waals surface area (Å²) < 4.78 is 0. The molecule has 0 aromatic heterocycles. The monoisotopic (exact) mass is 131 g/mol. The molecule has 0 rings (SSSR count). The quantitative estimate of drug-likeness (QED) is 0.478. The predicted octanol–water partition coefficient (Wildman–Crippen LogP) is 0.158. The molecule has 0 radical (unpaired) electrons. The number of aliphatic hydroxyl groups excluding tert-OH is 2. The fourth-order valence-electron chi connectivity index (χ4n) is 0.498. The Morgan fingerprint density at radius 2 is 2.00 bits per heavy atom. The lowest BCUT2D eigenvalue weighted by atomic mass is 10.1. The van der Waals surface area contributed by atoms with Gasteiger partial charge >= 0.3 is 0 Å². The first-order valence-electron chi connectivity index (χ1n) is 3.04. The van der Waals surface area contributed by atoms with Gasteiger partial charge in [0.25, 0.3) is 0 Å². The molecule has 0 aromatic rings. The Kier molecular flexibility index (Phi) is 3.42. The van der Waals surface area contributed by atoms with Crippen molar-refractivity contribution >= 4 is 5.71 Å². The summed E-state index contributed by atoms with van der Waals surface area (Å²) in [7, 11) is 0. The van der Waals surface area contributed by atoms with Crippen molar-refractivity contribution in [3.63, 3.8) is 0 Å². The zero-order valence-corrected chi connectivity index (χ0v) is 5.76. The van der Waals surface area contributed by atoms with E-state index in [2.05, 4.69) is 0 Å². The van der Waals surface area contributed by atoms with Crippen molar-refractivity contribution < 1.29 is 10.2 Å². The second-order valence-electron chi connectivity index (χ2n) is 2.06. The number of hydrogen-bond donors (Lipinski definition) is 3. The van der Waals surface area contributed by atoms with E-state index in [0.29, 0.717) is 6.42 Å². The molecule has 0 spiro atoms. The maximum Gasteiger partial charge on any atom is 0.0937 e. The zero-order chi connectivity index (χ0) is 7.44. The molecule has 0 heterocycles. The van der Waals surface area contributed by atoms with E-state index in [1.165, 1.54) is 6.92 Å². The molecule has 3 nitrogen and oxygen atoms in total. The lowest BCUT2D eigenvalue weighted by Gasteiger charge is -2.10. The number of rotatable bonds is 3. The Balaban J connectivity index is 3.73. The van der Waals surface area contributed by atoms with Crippen molar-refractivity contribution in [3.8, 4) is 0 Å². The summed E-state index contributed by atoms with van der Waals surface area (Å²) in [5.74, 6) is 0. The molecule has 2 unspecified atom stereocenters. The summed E-state index contributed by atoms with van der Waals surface area (Å²) in [6, 6.07) is 0. The van der Waals surface area contributed by atoms with Gasteiger partial charge in [0.2, 0.25) is 0 Å². The minimum absolute atomic E-state index is 0.00231. The van der Waals surface area contributed by atoms with Gasteiger partial charge in [-0.3, -0.25) is 0 Å². The molecule has 0 bridgehead atoms.